The Hall–Kier alpha value is -0.890. The van der Waals surface area contributed by atoms with E-state index in [1.165, 1.54) is 6.07 Å². The maximum absolute atomic E-state index is 12.8. The summed E-state index contributed by atoms with van der Waals surface area (Å²) in [6.45, 7) is 2.31. The maximum Gasteiger partial charge on any atom is 0.127 e. The number of aryl methyl sites for hydroxylation is 1. The van der Waals surface area contributed by atoms with Crippen molar-refractivity contribution in [2.75, 3.05) is 0 Å². The Balaban J connectivity index is 3.02. The molecule has 0 saturated heterocycles. The molecule has 1 rings (SSSR count). The van der Waals surface area contributed by atoms with E-state index < -0.39 is 0 Å². The van der Waals surface area contributed by atoms with Gasteiger partial charge in [0.25, 0.3) is 0 Å². The minimum Gasteiger partial charge on any atom is -0.326 e. The van der Waals surface area contributed by atoms with E-state index in [9.17, 15) is 4.39 Å². The quantitative estimate of drug-likeness (QED) is 0.689. The molecule has 0 atom stereocenters. The predicted octanol–water partition coefficient (Wildman–Crippen LogP) is 1.85. The van der Waals surface area contributed by atoms with Crippen molar-refractivity contribution in [2.45, 2.75) is 19.9 Å². The van der Waals surface area contributed by atoms with Crippen LogP contribution in [-0.2, 0) is 13.0 Å². The largest absolute Gasteiger partial charge is 0.326 e. The standard InChI is InChI=1S/C9H12FN/c1-2-7-3-4-9(10)8(5-7)6-11/h3-5H,2,6,11H2,1H3. The van der Waals surface area contributed by atoms with Crippen LogP contribution in [0.1, 0.15) is 18.1 Å². The first kappa shape index (κ1) is 8.21. The van der Waals surface area contributed by atoms with E-state index in [2.05, 4.69) is 0 Å². The molecule has 0 fully saturated rings. The van der Waals surface area contributed by atoms with E-state index in [1.54, 1.807) is 6.07 Å². The molecule has 0 aliphatic rings. The van der Waals surface area contributed by atoms with Crippen LogP contribution in [0.25, 0.3) is 0 Å². The Bertz CT molecular complexity index is 245. The summed E-state index contributed by atoms with van der Waals surface area (Å²) in [7, 11) is 0. The lowest BCUT2D eigenvalue weighted by Gasteiger charge is -2.01. The summed E-state index contributed by atoms with van der Waals surface area (Å²) in [6.07, 6.45) is 0.924. The zero-order valence-electron chi connectivity index (χ0n) is 6.60. The number of rotatable bonds is 2. The molecule has 1 aromatic rings. The van der Waals surface area contributed by atoms with Crippen molar-refractivity contribution in [1.29, 1.82) is 0 Å². The van der Waals surface area contributed by atoms with Gasteiger partial charge in [0.05, 0.1) is 0 Å². The molecule has 0 aromatic heterocycles. The van der Waals surface area contributed by atoms with Crippen LogP contribution in [0.4, 0.5) is 4.39 Å². The van der Waals surface area contributed by atoms with Crippen LogP contribution in [-0.4, -0.2) is 0 Å². The molecule has 0 unspecified atom stereocenters. The second-order valence-corrected chi connectivity index (χ2v) is 2.48. The van der Waals surface area contributed by atoms with Gasteiger partial charge in [-0.15, -0.1) is 0 Å². The molecule has 0 bridgehead atoms. The Labute approximate surface area is 66.0 Å². The second-order valence-electron chi connectivity index (χ2n) is 2.48. The second kappa shape index (κ2) is 3.49. The molecule has 11 heavy (non-hydrogen) atoms. The highest BCUT2D eigenvalue weighted by molar-refractivity contribution is 5.24. The minimum atomic E-state index is -0.204. The molecule has 1 nitrogen and oxygen atoms in total. The van der Waals surface area contributed by atoms with Crippen molar-refractivity contribution >= 4 is 0 Å². The van der Waals surface area contributed by atoms with E-state index >= 15 is 0 Å². The fourth-order valence-corrected chi connectivity index (χ4v) is 1.00. The predicted molar refractivity (Wildman–Crippen MR) is 43.7 cm³/mol. The van der Waals surface area contributed by atoms with Gasteiger partial charge in [0.1, 0.15) is 5.82 Å². The highest BCUT2D eigenvalue weighted by Crippen LogP contribution is 2.09. The van der Waals surface area contributed by atoms with Crippen molar-refractivity contribution in [3.63, 3.8) is 0 Å². The Morgan fingerprint density at radius 1 is 1.45 bits per heavy atom. The lowest BCUT2D eigenvalue weighted by Crippen LogP contribution is -2.00. The van der Waals surface area contributed by atoms with Gasteiger partial charge in [0.15, 0.2) is 0 Å². The van der Waals surface area contributed by atoms with E-state index in [4.69, 9.17) is 5.73 Å². The van der Waals surface area contributed by atoms with Crippen LogP contribution < -0.4 is 5.73 Å². The number of halogens is 1. The molecule has 2 N–H and O–H groups in total. The van der Waals surface area contributed by atoms with Gasteiger partial charge in [-0.3, -0.25) is 0 Å². The van der Waals surface area contributed by atoms with Crippen LogP contribution >= 0.6 is 0 Å². The highest BCUT2D eigenvalue weighted by atomic mass is 19.1. The fourth-order valence-electron chi connectivity index (χ4n) is 1.00. The van der Waals surface area contributed by atoms with Gasteiger partial charge in [0, 0.05) is 12.1 Å². The monoisotopic (exact) mass is 153 g/mol. The summed E-state index contributed by atoms with van der Waals surface area (Å²) >= 11 is 0. The van der Waals surface area contributed by atoms with E-state index in [-0.39, 0.29) is 12.4 Å². The zero-order chi connectivity index (χ0) is 8.27. The summed E-state index contributed by atoms with van der Waals surface area (Å²) in [5, 5.41) is 0. The molecule has 60 valence electrons. The van der Waals surface area contributed by atoms with Gasteiger partial charge in [-0.1, -0.05) is 19.1 Å². The summed E-state index contributed by atoms with van der Waals surface area (Å²) in [6, 6.07) is 5.07. The van der Waals surface area contributed by atoms with Crippen molar-refractivity contribution in [1.82, 2.24) is 0 Å². The Kier molecular flexibility index (Phi) is 2.60. The number of hydrogen-bond donors (Lipinski definition) is 1. The molecule has 0 saturated carbocycles. The topological polar surface area (TPSA) is 26.0 Å². The first-order chi connectivity index (χ1) is 5.27. The van der Waals surface area contributed by atoms with Crippen LogP contribution in [0.5, 0.6) is 0 Å². The molecule has 1 aromatic carbocycles. The van der Waals surface area contributed by atoms with Gasteiger partial charge in [-0.2, -0.15) is 0 Å². The van der Waals surface area contributed by atoms with Crippen LogP contribution in [0.3, 0.4) is 0 Å². The molecule has 0 amide bonds. The molecule has 2 heteroatoms. The third-order valence-corrected chi connectivity index (χ3v) is 1.74. The molecular formula is C9H12FN. The lowest BCUT2D eigenvalue weighted by molar-refractivity contribution is 0.609. The van der Waals surface area contributed by atoms with Gasteiger partial charge < -0.3 is 5.73 Å². The smallest absolute Gasteiger partial charge is 0.127 e. The van der Waals surface area contributed by atoms with E-state index in [1.807, 2.05) is 13.0 Å². The molecule has 0 spiro atoms. The molecule has 0 radical (unpaired) electrons. The normalized spacial score (nSPS) is 10.1. The fraction of sp³-hybridized carbons (Fsp3) is 0.333. The van der Waals surface area contributed by atoms with E-state index in [0.717, 1.165) is 12.0 Å². The average molecular weight is 153 g/mol. The Morgan fingerprint density at radius 2 is 2.18 bits per heavy atom. The van der Waals surface area contributed by atoms with Crippen LogP contribution in [0.2, 0.25) is 0 Å². The third kappa shape index (κ3) is 1.77. The molecule has 0 aliphatic heterocycles. The number of nitrogens with two attached hydrogens (primary N) is 1. The summed E-state index contributed by atoms with van der Waals surface area (Å²) in [4.78, 5) is 0. The maximum atomic E-state index is 12.8. The van der Waals surface area contributed by atoms with Crippen molar-refractivity contribution in [3.05, 3.63) is 35.1 Å². The SMILES string of the molecule is CCc1ccc(F)c(CN)c1. The number of benzene rings is 1. The van der Waals surface area contributed by atoms with Crippen LogP contribution in [0.15, 0.2) is 18.2 Å². The summed E-state index contributed by atoms with van der Waals surface area (Å²) < 4.78 is 12.8. The molecule has 0 heterocycles. The summed E-state index contributed by atoms with van der Waals surface area (Å²) in [5.41, 5.74) is 7.07. The first-order valence-electron chi connectivity index (χ1n) is 3.75. The number of hydrogen-bond acceptors (Lipinski definition) is 1. The zero-order valence-corrected chi connectivity index (χ0v) is 6.60. The minimum absolute atomic E-state index is 0.204. The third-order valence-electron chi connectivity index (χ3n) is 1.74. The van der Waals surface area contributed by atoms with Crippen molar-refractivity contribution in [3.8, 4) is 0 Å². The lowest BCUT2D eigenvalue weighted by atomic mass is 10.1. The van der Waals surface area contributed by atoms with Crippen molar-refractivity contribution < 1.29 is 4.39 Å². The van der Waals surface area contributed by atoms with Gasteiger partial charge in [-0.05, 0) is 18.1 Å². The Morgan fingerprint density at radius 3 is 2.73 bits per heavy atom. The molecule has 0 aliphatic carbocycles. The van der Waals surface area contributed by atoms with Crippen LogP contribution in [0, 0.1) is 5.82 Å². The van der Waals surface area contributed by atoms with Gasteiger partial charge >= 0.3 is 0 Å². The summed E-state index contributed by atoms with van der Waals surface area (Å²) in [5.74, 6) is -0.204. The van der Waals surface area contributed by atoms with Gasteiger partial charge in [0.2, 0.25) is 0 Å². The molecular weight excluding hydrogens is 141 g/mol. The van der Waals surface area contributed by atoms with E-state index in [0.29, 0.717) is 5.56 Å². The van der Waals surface area contributed by atoms with Gasteiger partial charge in [-0.25, -0.2) is 4.39 Å². The van der Waals surface area contributed by atoms with Crippen molar-refractivity contribution in [2.24, 2.45) is 5.73 Å². The first-order valence-corrected chi connectivity index (χ1v) is 3.75. The highest BCUT2D eigenvalue weighted by Gasteiger charge is 1.99. The average Bonchev–Trinajstić information content (AvgIpc) is 2.05.